The van der Waals surface area contributed by atoms with Crippen molar-refractivity contribution in [3.63, 3.8) is 0 Å². The van der Waals surface area contributed by atoms with Crippen molar-refractivity contribution < 1.29 is 4.79 Å². The van der Waals surface area contributed by atoms with Gasteiger partial charge < -0.3 is 4.90 Å². The van der Waals surface area contributed by atoms with Crippen LogP contribution < -0.4 is 0 Å². The van der Waals surface area contributed by atoms with E-state index in [1.165, 1.54) is 55.0 Å². The summed E-state index contributed by atoms with van der Waals surface area (Å²) in [6.07, 6.45) is 6.21. The second-order valence-corrected chi connectivity index (χ2v) is 6.37. The van der Waals surface area contributed by atoms with Gasteiger partial charge in [-0.2, -0.15) is 0 Å². The highest BCUT2D eigenvalue weighted by molar-refractivity contribution is 8.12. The van der Waals surface area contributed by atoms with Crippen LogP contribution in [0.5, 0.6) is 0 Å². The van der Waals surface area contributed by atoms with Crippen LogP contribution in [0.3, 0.4) is 0 Å². The normalized spacial score (nSPS) is 16.3. The molecular formula is C16H23NOS. The maximum atomic E-state index is 12.2. The minimum Gasteiger partial charge on any atom is -0.334 e. The van der Waals surface area contributed by atoms with E-state index in [9.17, 15) is 4.79 Å². The van der Waals surface area contributed by atoms with Gasteiger partial charge in [-0.15, -0.1) is 0 Å². The van der Waals surface area contributed by atoms with Gasteiger partial charge in [0, 0.05) is 18.8 Å². The molecule has 1 aliphatic rings. The molecule has 0 saturated heterocycles. The molecule has 1 aliphatic carbocycles. The summed E-state index contributed by atoms with van der Waals surface area (Å²) in [4.78, 5) is 14.1. The lowest BCUT2D eigenvalue weighted by molar-refractivity contribution is 0.196. The molecule has 3 heteroatoms. The first kappa shape index (κ1) is 14.4. The predicted molar refractivity (Wildman–Crippen MR) is 82.5 cm³/mol. The van der Waals surface area contributed by atoms with Crippen LogP contribution in [0.25, 0.3) is 0 Å². The summed E-state index contributed by atoms with van der Waals surface area (Å²) in [5.74, 6) is 0.774. The van der Waals surface area contributed by atoms with E-state index >= 15 is 0 Å². The molecule has 1 amide bonds. The lowest BCUT2D eigenvalue weighted by Gasteiger charge is -2.30. The monoisotopic (exact) mass is 277 g/mol. The van der Waals surface area contributed by atoms with Crippen molar-refractivity contribution in [1.82, 2.24) is 4.90 Å². The lowest BCUT2D eigenvalue weighted by Crippen LogP contribution is -2.36. The summed E-state index contributed by atoms with van der Waals surface area (Å²) in [5.41, 5.74) is 2.49. The Morgan fingerprint density at radius 3 is 2.47 bits per heavy atom. The predicted octanol–water partition coefficient (Wildman–Crippen LogP) is 4.61. The Bertz CT molecular complexity index is 409. The first-order valence-electron chi connectivity index (χ1n) is 7.12. The van der Waals surface area contributed by atoms with Crippen LogP contribution in [0.15, 0.2) is 24.3 Å². The van der Waals surface area contributed by atoms with Crippen molar-refractivity contribution in [3.8, 4) is 0 Å². The molecule has 104 valence electrons. The molecule has 0 unspecified atom stereocenters. The number of carbonyl (C=O) groups excluding carboxylic acids is 1. The van der Waals surface area contributed by atoms with Crippen LogP contribution >= 0.6 is 11.8 Å². The summed E-state index contributed by atoms with van der Waals surface area (Å²) in [7, 11) is 1.96. The molecular weight excluding hydrogens is 254 g/mol. The molecule has 0 aliphatic heterocycles. The second-order valence-electron chi connectivity index (χ2n) is 5.44. The minimum atomic E-state index is 0.215. The molecule has 2 nitrogen and oxygen atoms in total. The molecule has 1 fully saturated rings. The van der Waals surface area contributed by atoms with E-state index in [4.69, 9.17) is 0 Å². The van der Waals surface area contributed by atoms with Gasteiger partial charge in [0.1, 0.15) is 0 Å². The Kier molecular flexibility index (Phi) is 5.32. The van der Waals surface area contributed by atoms with Crippen LogP contribution in [-0.4, -0.2) is 23.2 Å². The quantitative estimate of drug-likeness (QED) is 0.804. The highest BCUT2D eigenvalue weighted by Crippen LogP contribution is 2.25. The standard InChI is InChI=1S/C16H23NOS/c1-13-8-10-14(11-9-13)12-19-16(18)17(2)15-6-4-3-5-7-15/h8-11,15H,3-7,12H2,1-2H3. The molecule has 1 aromatic rings. The van der Waals surface area contributed by atoms with Crippen LogP contribution in [0.1, 0.15) is 43.2 Å². The van der Waals surface area contributed by atoms with E-state index in [0.29, 0.717) is 6.04 Å². The lowest BCUT2D eigenvalue weighted by atomic mass is 9.95. The van der Waals surface area contributed by atoms with E-state index in [-0.39, 0.29) is 5.24 Å². The smallest absolute Gasteiger partial charge is 0.281 e. The van der Waals surface area contributed by atoms with Gasteiger partial charge in [-0.25, -0.2) is 0 Å². The van der Waals surface area contributed by atoms with Crippen molar-refractivity contribution in [1.29, 1.82) is 0 Å². The van der Waals surface area contributed by atoms with E-state index in [0.717, 1.165) is 5.75 Å². The number of hydrogen-bond donors (Lipinski definition) is 0. The Hall–Kier alpha value is -0.960. The number of benzene rings is 1. The molecule has 19 heavy (non-hydrogen) atoms. The number of carbonyl (C=O) groups is 1. The number of rotatable bonds is 3. The molecule has 0 spiro atoms. The van der Waals surface area contributed by atoms with Crippen molar-refractivity contribution >= 4 is 17.0 Å². The fourth-order valence-electron chi connectivity index (χ4n) is 2.55. The maximum Gasteiger partial charge on any atom is 0.281 e. The zero-order valence-electron chi connectivity index (χ0n) is 11.9. The molecule has 0 bridgehead atoms. The summed E-state index contributed by atoms with van der Waals surface area (Å²) in [6.45, 7) is 2.08. The number of amides is 1. The zero-order chi connectivity index (χ0) is 13.7. The number of nitrogens with zero attached hydrogens (tertiary/aromatic N) is 1. The van der Waals surface area contributed by atoms with Crippen molar-refractivity contribution in [2.75, 3.05) is 7.05 Å². The molecule has 0 radical (unpaired) electrons. The Balaban J connectivity index is 1.81. The summed E-state index contributed by atoms with van der Waals surface area (Å²) in [6, 6.07) is 8.88. The van der Waals surface area contributed by atoms with Gasteiger partial charge in [0.05, 0.1) is 0 Å². The number of aryl methyl sites for hydroxylation is 1. The highest BCUT2D eigenvalue weighted by Gasteiger charge is 2.22. The van der Waals surface area contributed by atoms with Crippen LogP contribution in [0, 0.1) is 6.92 Å². The molecule has 0 atom stereocenters. The average Bonchev–Trinajstić information content (AvgIpc) is 2.46. The second kappa shape index (κ2) is 6.99. The van der Waals surface area contributed by atoms with Gasteiger partial charge in [-0.3, -0.25) is 4.79 Å². The first-order valence-corrected chi connectivity index (χ1v) is 8.10. The largest absolute Gasteiger partial charge is 0.334 e. The fraction of sp³-hybridized carbons (Fsp3) is 0.562. The van der Waals surface area contributed by atoms with Crippen molar-refractivity contribution in [2.24, 2.45) is 0 Å². The third-order valence-electron chi connectivity index (χ3n) is 3.89. The van der Waals surface area contributed by atoms with Gasteiger partial charge in [0.15, 0.2) is 0 Å². The van der Waals surface area contributed by atoms with E-state index < -0.39 is 0 Å². The van der Waals surface area contributed by atoms with Crippen LogP contribution in [0.4, 0.5) is 4.79 Å². The van der Waals surface area contributed by atoms with Gasteiger partial charge in [-0.05, 0) is 25.3 Å². The summed E-state index contributed by atoms with van der Waals surface area (Å²) < 4.78 is 0. The molecule has 0 heterocycles. The Morgan fingerprint density at radius 2 is 1.84 bits per heavy atom. The minimum absolute atomic E-state index is 0.215. The van der Waals surface area contributed by atoms with Crippen LogP contribution in [0.2, 0.25) is 0 Å². The third-order valence-corrected chi connectivity index (χ3v) is 4.91. The van der Waals surface area contributed by atoms with Crippen LogP contribution in [-0.2, 0) is 5.75 Å². The SMILES string of the molecule is Cc1ccc(CSC(=O)N(C)C2CCCCC2)cc1. The van der Waals surface area contributed by atoms with E-state index in [1.807, 2.05) is 11.9 Å². The molecule has 0 N–H and O–H groups in total. The van der Waals surface area contributed by atoms with E-state index in [1.54, 1.807) is 0 Å². The van der Waals surface area contributed by atoms with Gasteiger partial charge in [-0.1, -0.05) is 60.9 Å². The number of thioether (sulfide) groups is 1. The van der Waals surface area contributed by atoms with Gasteiger partial charge in [0.2, 0.25) is 0 Å². The molecule has 0 aromatic heterocycles. The summed E-state index contributed by atoms with van der Waals surface area (Å²) >= 11 is 1.42. The topological polar surface area (TPSA) is 20.3 Å². The first-order chi connectivity index (χ1) is 9.16. The molecule has 1 saturated carbocycles. The zero-order valence-corrected chi connectivity index (χ0v) is 12.7. The van der Waals surface area contributed by atoms with E-state index in [2.05, 4.69) is 31.2 Å². The van der Waals surface area contributed by atoms with Crippen molar-refractivity contribution in [3.05, 3.63) is 35.4 Å². The average molecular weight is 277 g/mol. The number of hydrogen-bond acceptors (Lipinski definition) is 2. The summed E-state index contributed by atoms with van der Waals surface area (Å²) in [5, 5.41) is 0.215. The Morgan fingerprint density at radius 1 is 1.21 bits per heavy atom. The van der Waals surface area contributed by atoms with Gasteiger partial charge in [0.25, 0.3) is 5.24 Å². The fourth-order valence-corrected chi connectivity index (χ4v) is 3.38. The molecule has 1 aromatic carbocycles. The maximum absolute atomic E-state index is 12.2. The van der Waals surface area contributed by atoms with Gasteiger partial charge >= 0.3 is 0 Å². The van der Waals surface area contributed by atoms with Crippen molar-refractivity contribution in [2.45, 2.75) is 50.8 Å². The highest BCUT2D eigenvalue weighted by atomic mass is 32.2. The Labute approximate surface area is 120 Å². The molecule has 2 rings (SSSR count). The third kappa shape index (κ3) is 4.27.